The fourth-order valence-electron chi connectivity index (χ4n) is 8.87. The zero-order valence-electron chi connectivity index (χ0n) is 43.2. The van der Waals surface area contributed by atoms with Crippen LogP contribution in [-0.4, -0.2) is 98.3 Å². The van der Waals surface area contributed by atoms with E-state index in [0.717, 1.165) is 57.8 Å². The van der Waals surface area contributed by atoms with Gasteiger partial charge in [0.1, 0.15) is 43.2 Å². The Kier molecular flexibility index (Phi) is 42.1. The molecule has 0 heterocycles. The van der Waals surface area contributed by atoms with Crippen molar-refractivity contribution < 1.29 is 63.1 Å². The van der Waals surface area contributed by atoms with Gasteiger partial charge in [-0.3, -0.25) is 18.6 Å². The van der Waals surface area contributed by atoms with Crippen LogP contribution in [0.3, 0.4) is 0 Å². The lowest BCUT2D eigenvalue weighted by atomic mass is 9.85. The smallest absolute Gasteiger partial charge is 0.462 e. The van der Waals surface area contributed by atoms with Gasteiger partial charge in [0.05, 0.1) is 6.61 Å². The van der Waals surface area contributed by atoms with E-state index < -0.39 is 75.7 Å². The molecule has 0 bridgehead atoms. The summed E-state index contributed by atoms with van der Waals surface area (Å²) >= 11 is 0. The van der Waals surface area contributed by atoms with Crippen molar-refractivity contribution in [1.29, 1.82) is 0 Å². The van der Waals surface area contributed by atoms with Crippen LogP contribution in [0.1, 0.15) is 264 Å². The molecule has 0 aromatic heterocycles. The van der Waals surface area contributed by atoms with E-state index in [1.54, 1.807) is 0 Å². The summed E-state index contributed by atoms with van der Waals surface area (Å²) in [6.45, 7) is 3.34. The van der Waals surface area contributed by atoms with Crippen molar-refractivity contribution in [3.05, 3.63) is 12.2 Å². The van der Waals surface area contributed by atoms with Crippen LogP contribution >= 0.6 is 7.82 Å². The molecule has 1 fully saturated rings. The van der Waals surface area contributed by atoms with Crippen molar-refractivity contribution in [2.45, 2.75) is 307 Å². The molecule has 0 saturated heterocycles. The van der Waals surface area contributed by atoms with Crippen molar-refractivity contribution in [3.8, 4) is 0 Å². The maximum Gasteiger partial charge on any atom is 0.472 e. The number of phosphoric ester groups is 1. The topological polar surface area (TPSA) is 210 Å². The molecule has 402 valence electrons. The SMILES string of the molecule is CCCCCCCCC/C=C\CCCCCCCC(=O)OC(COC(=O)CCCCCCCCCCCCCCCCCCCCCCCCC)COP(=O)(O)OC1C(O)C(O)C(O)C(O)C1O. The van der Waals surface area contributed by atoms with E-state index in [4.69, 9.17) is 18.5 Å². The third-order valence-corrected chi connectivity index (χ3v) is 14.3. The van der Waals surface area contributed by atoms with Gasteiger partial charge < -0.3 is 39.9 Å². The van der Waals surface area contributed by atoms with Crippen LogP contribution < -0.4 is 0 Å². The predicted molar refractivity (Wildman–Crippen MR) is 272 cm³/mol. The zero-order chi connectivity index (χ0) is 49.9. The molecule has 1 aliphatic rings. The van der Waals surface area contributed by atoms with Crippen molar-refractivity contribution in [1.82, 2.24) is 0 Å². The largest absolute Gasteiger partial charge is 0.472 e. The van der Waals surface area contributed by atoms with E-state index in [2.05, 4.69) is 26.0 Å². The van der Waals surface area contributed by atoms with Crippen molar-refractivity contribution in [2.75, 3.05) is 13.2 Å². The van der Waals surface area contributed by atoms with Gasteiger partial charge in [-0.15, -0.1) is 0 Å². The monoisotopic (exact) mass is 991 g/mol. The Hall–Kier alpha value is -1.41. The molecule has 0 radical (unpaired) electrons. The van der Waals surface area contributed by atoms with Crippen LogP contribution in [0.25, 0.3) is 0 Å². The van der Waals surface area contributed by atoms with Crippen LogP contribution in [0.5, 0.6) is 0 Å². The molecule has 68 heavy (non-hydrogen) atoms. The molecule has 1 rings (SSSR count). The van der Waals surface area contributed by atoms with Crippen LogP contribution in [0.2, 0.25) is 0 Å². The summed E-state index contributed by atoms with van der Waals surface area (Å²) in [7, 11) is -5.12. The number of hydrogen-bond acceptors (Lipinski definition) is 12. The van der Waals surface area contributed by atoms with Crippen molar-refractivity contribution >= 4 is 19.8 Å². The zero-order valence-corrected chi connectivity index (χ0v) is 44.1. The van der Waals surface area contributed by atoms with Crippen LogP contribution in [-0.2, 0) is 32.7 Å². The lowest BCUT2D eigenvalue weighted by Crippen LogP contribution is -2.64. The molecule has 1 aliphatic carbocycles. The van der Waals surface area contributed by atoms with Crippen molar-refractivity contribution in [3.63, 3.8) is 0 Å². The highest BCUT2D eigenvalue weighted by Gasteiger charge is 2.51. The summed E-state index contributed by atoms with van der Waals surface area (Å²) < 4.78 is 33.7. The standard InChI is InChI=1S/C54H103O13P/c1-3-5-7-9-11-13-15-17-19-21-22-23-24-25-26-27-29-30-32-34-36-38-40-42-47(55)64-44-46(45-65-68(62,63)67-54-52(60)50(58)49(57)51(59)53(54)61)66-48(56)43-41-39-37-35-33-31-28-20-18-16-14-12-10-8-6-4-2/h20,28,46,49-54,57-61H,3-19,21-27,29-45H2,1-2H3,(H,62,63)/b28-20-. The molecular formula is C54H103O13P. The highest BCUT2D eigenvalue weighted by molar-refractivity contribution is 7.47. The average Bonchev–Trinajstić information content (AvgIpc) is 3.32. The molecule has 0 aromatic carbocycles. The first-order valence-electron chi connectivity index (χ1n) is 28.0. The minimum absolute atomic E-state index is 0.0914. The fraction of sp³-hybridized carbons (Fsp3) is 0.926. The summed E-state index contributed by atoms with van der Waals surface area (Å²) in [5, 5.41) is 50.3. The van der Waals surface area contributed by atoms with Gasteiger partial charge in [0.2, 0.25) is 0 Å². The molecule has 14 heteroatoms. The number of allylic oxidation sites excluding steroid dienone is 2. The van der Waals surface area contributed by atoms with Gasteiger partial charge in [-0.2, -0.15) is 0 Å². The highest BCUT2D eigenvalue weighted by Crippen LogP contribution is 2.47. The Balaban J connectivity index is 2.32. The number of unbranched alkanes of at least 4 members (excludes halogenated alkanes) is 34. The Morgan fingerprint density at radius 2 is 0.750 bits per heavy atom. The third-order valence-electron chi connectivity index (χ3n) is 13.4. The quantitative estimate of drug-likeness (QED) is 0.0145. The summed E-state index contributed by atoms with van der Waals surface area (Å²) in [5.74, 6) is -1.09. The number of carbonyl (C=O) groups is 2. The number of rotatable bonds is 48. The first-order chi connectivity index (χ1) is 32.9. The summed E-state index contributed by atoms with van der Waals surface area (Å²) in [4.78, 5) is 35.9. The second-order valence-electron chi connectivity index (χ2n) is 19.8. The Morgan fingerprint density at radius 1 is 0.441 bits per heavy atom. The van der Waals surface area contributed by atoms with Crippen LogP contribution in [0, 0.1) is 0 Å². The maximum atomic E-state index is 12.9. The molecule has 1 saturated carbocycles. The normalized spacial score (nSPS) is 21.0. The average molecular weight is 991 g/mol. The maximum absolute atomic E-state index is 12.9. The van der Waals surface area contributed by atoms with E-state index in [1.165, 1.54) is 167 Å². The summed E-state index contributed by atoms with van der Waals surface area (Å²) in [6, 6.07) is 0. The molecule has 0 aromatic rings. The van der Waals surface area contributed by atoms with Gasteiger partial charge in [0.15, 0.2) is 6.10 Å². The van der Waals surface area contributed by atoms with E-state index in [-0.39, 0.29) is 12.8 Å². The van der Waals surface area contributed by atoms with Gasteiger partial charge in [-0.25, -0.2) is 4.57 Å². The number of hydrogen-bond donors (Lipinski definition) is 6. The molecule has 6 unspecified atom stereocenters. The van der Waals surface area contributed by atoms with Gasteiger partial charge in [0, 0.05) is 12.8 Å². The van der Waals surface area contributed by atoms with Crippen LogP contribution in [0.4, 0.5) is 0 Å². The second-order valence-corrected chi connectivity index (χ2v) is 21.2. The van der Waals surface area contributed by atoms with Gasteiger partial charge >= 0.3 is 19.8 Å². The lowest BCUT2D eigenvalue weighted by Gasteiger charge is -2.41. The van der Waals surface area contributed by atoms with Crippen molar-refractivity contribution in [2.24, 2.45) is 0 Å². The van der Waals surface area contributed by atoms with E-state index in [0.29, 0.717) is 12.8 Å². The predicted octanol–water partition coefficient (Wildman–Crippen LogP) is 12.6. The molecule has 6 N–H and O–H groups in total. The van der Waals surface area contributed by atoms with E-state index >= 15 is 0 Å². The Bertz CT molecular complexity index is 1240. The van der Waals surface area contributed by atoms with E-state index in [9.17, 15) is 44.6 Å². The number of carbonyl (C=O) groups excluding carboxylic acids is 2. The number of phosphoric acid groups is 1. The van der Waals surface area contributed by atoms with E-state index in [1.807, 2.05) is 0 Å². The first-order valence-corrected chi connectivity index (χ1v) is 29.5. The Labute approximate surface area is 413 Å². The summed E-state index contributed by atoms with van der Waals surface area (Å²) in [6.07, 6.45) is 36.9. The van der Waals surface area contributed by atoms with Crippen LogP contribution in [0.15, 0.2) is 12.2 Å². The molecule has 0 aliphatic heterocycles. The fourth-order valence-corrected chi connectivity index (χ4v) is 9.85. The molecule has 6 atom stereocenters. The highest BCUT2D eigenvalue weighted by atomic mass is 31.2. The van der Waals surface area contributed by atoms with Gasteiger partial charge in [-0.1, -0.05) is 225 Å². The summed E-state index contributed by atoms with van der Waals surface area (Å²) in [5.41, 5.74) is 0. The third kappa shape index (κ3) is 35.7. The number of esters is 2. The number of aliphatic hydroxyl groups is 5. The lowest BCUT2D eigenvalue weighted by molar-refractivity contribution is -0.220. The minimum atomic E-state index is -5.12. The number of aliphatic hydroxyl groups excluding tert-OH is 5. The number of ether oxygens (including phenoxy) is 2. The molecule has 0 amide bonds. The Morgan fingerprint density at radius 3 is 1.12 bits per heavy atom. The molecular weight excluding hydrogens is 888 g/mol. The second kappa shape index (κ2) is 44.3. The molecule has 13 nitrogen and oxygen atoms in total. The molecule has 0 spiro atoms. The first kappa shape index (κ1) is 64.6. The minimum Gasteiger partial charge on any atom is -0.462 e. The van der Waals surface area contributed by atoms with Gasteiger partial charge in [0.25, 0.3) is 0 Å². The van der Waals surface area contributed by atoms with Gasteiger partial charge in [-0.05, 0) is 38.5 Å².